The van der Waals surface area contributed by atoms with Crippen LogP contribution in [-0.2, 0) is 22.4 Å². The minimum absolute atomic E-state index is 0.135. The van der Waals surface area contributed by atoms with E-state index in [0.29, 0.717) is 16.6 Å². The van der Waals surface area contributed by atoms with Crippen molar-refractivity contribution < 1.29 is 14.3 Å². The summed E-state index contributed by atoms with van der Waals surface area (Å²) >= 11 is 1.30. The summed E-state index contributed by atoms with van der Waals surface area (Å²) in [4.78, 5) is 36.9. The summed E-state index contributed by atoms with van der Waals surface area (Å²) in [5.74, 6) is 0.239. The molecule has 7 heteroatoms. The average molecular weight is 460 g/mol. The number of methoxy groups -OCH3 is 1. The summed E-state index contributed by atoms with van der Waals surface area (Å²) in [5.41, 5.74) is 6.07. The van der Waals surface area contributed by atoms with Crippen LogP contribution >= 0.6 is 11.8 Å². The van der Waals surface area contributed by atoms with Gasteiger partial charge >= 0.3 is 0 Å². The van der Waals surface area contributed by atoms with E-state index in [4.69, 9.17) is 14.7 Å². The number of carbonyl (C=O) groups excluding carboxylic acids is 2. The molecule has 0 bridgehead atoms. The summed E-state index contributed by atoms with van der Waals surface area (Å²) in [6.07, 6.45) is 4.26. The van der Waals surface area contributed by atoms with E-state index in [0.717, 1.165) is 48.2 Å². The van der Waals surface area contributed by atoms with Crippen LogP contribution < -0.4 is 9.64 Å². The topological polar surface area (TPSA) is 72.4 Å². The maximum atomic E-state index is 13.2. The first kappa shape index (κ1) is 21.6. The fourth-order valence-corrected chi connectivity index (χ4v) is 5.50. The smallest absolute Gasteiger partial charge is 0.247 e. The Hall–Kier alpha value is -3.19. The summed E-state index contributed by atoms with van der Waals surface area (Å²) in [6.45, 7) is 2.09. The van der Waals surface area contributed by atoms with Crippen LogP contribution in [0.5, 0.6) is 5.75 Å². The van der Waals surface area contributed by atoms with Crippen LogP contribution in [0.3, 0.4) is 0 Å². The van der Waals surface area contributed by atoms with Crippen molar-refractivity contribution >= 4 is 29.3 Å². The highest BCUT2D eigenvalue weighted by molar-refractivity contribution is 8.00. The molecular weight excluding hydrogens is 434 g/mol. The third-order valence-electron chi connectivity index (χ3n) is 6.25. The van der Waals surface area contributed by atoms with Gasteiger partial charge in [0, 0.05) is 23.2 Å². The molecule has 2 aliphatic rings. The van der Waals surface area contributed by atoms with E-state index in [2.05, 4.69) is 19.1 Å². The first-order valence-corrected chi connectivity index (χ1v) is 12.1. The zero-order valence-corrected chi connectivity index (χ0v) is 19.5. The first-order valence-electron chi connectivity index (χ1n) is 11.2. The van der Waals surface area contributed by atoms with Crippen LogP contribution in [0.2, 0.25) is 0 Å². The van der Waals surface area contributed by atoms with Crippen molar-refractivity contribution in [3.05, 3.63) is 65.4 Å². The van der Waals surface area contributed by atoms with Crippen LogP contribution in [0.1, 0.15) is 36.1 Å². The average Bonchev–Trinajstić information content (AvgIpc) is 3.11. The lowest BCUT2D eigenvalue weighted by atomic mass is 9.91. The van der Waals surface area contributed by atoms with Gasteiger partial charge in [0.2, 0.25) is 11.8 Å². The van der Waals surface area contributed by atoms with Crippen molar-refractivity contribution in [3.8, 4) is 17.0 Å². The van der Waals surface area contributed by atoms with Crippen molar-refractivity contribution in [2.45, 2.75) is 49.4 Å². The van der Waals surface area contributed by atoms with Gasteiger partial charge in [-0.05, 0) is 62.4 Å². The van der Waals surface area contributed by atoms with Crippen LogP contribution in [0, 0.1) is 6.92 Å². The molecule has 1 saturated heterocycles. The Morgan fingerprint density at radius 2 is 1.76 bits per heavy atom. The molecule has 3 aromatic rings. The van der Waals surface area contributed by atoms with Gasteiger partial charge in [-0.15, -0.1) is 0 Å². The molecule has 2 heterocycles. The quantitative estimate of drug-likeness (QED) is 0.405. The number of benzene rings is 2. The zero-order chi connectivity index (χ0) is 22.9. The molecule has 33 heavy (non-hydrogen) atoms. The minimum Gasteiger partial charge on any atom is -0.497 e. The van der Waals surface area contributed by atoms with Crippen molar-refractivity contribution in [2.24, 2.45) is 0 Å². The number of nitrogens with zero attached hydrogens (tertiary/aromatic N) is 3. The molecule has 1 unspecified atom stereocenters. The Labute approximate surface area is 197 Å². The molecule has 1 aliphatic heterocycles. The van der Waals surface area contributed by atoms with Crippen molar-refractivity contribution in [3.63, 3.8) is 0 Å². The highest BCUT2D eigenvalue weighted by atomic mass is 32.2. The molecule has 1 fully saturated rings. The number of imide groups is 1. The third-order valence-corrected chi connectivity index (χ3v) is 7.29. The number of fused-ring (bicyclic) bond motifs is 1. The van der Waals surface area contributed by atoms with Crippen LogP contribution in [0.4, 0.5) is 5.69 Å². The summed E-state index contributed by atoms with van der Waals surface area (Å²) < 4.78 is 5.18. The Kier molecular flexibility index (Phi) is 5.89. The van der Waals surface area contributed by atoms with Gasteiger partial charge in [0.1, 0.15) is 11.0 Å². The Morgan fingerprint density at radius 1 is 1.00 bits per heavy atom. The lowest BCUT2D eigenvalue weighted by Gasteiger charge is -2.20. The number of thioether (sulfide) groups is 1. The Morgan fingerprint density at radius 3 is 2.52 bits per heavy atom. The molecule has 1 aliphatic carbocycles. The van der Waals surface area contributed by atoms with Crippen LogP contribution in [-0.4, -0.2) is 34.1 Å². The maximum Gasteiger partial charge on any atom is 0.247 e. The van der Waals surface area contributed by atoms with E-state index in [9.17, 15) is 9.59 Å². The van der Waals surface area contributed by atoms with Crippen LogP contribution in [0.25, 0.3) is 11.3 Å². The van der Waals surface area contributed by atoms with Gasteiger partial charge < -0.3 is 4.74 Å². The molecule has 0 saturated carbocycles. The third kappa shape index (κ3) is 4.13. The fourth-order valence-electron chi connectivity index (χ4n) is 4.51. The number of ether oxygens (including phenoxy) is 1. The molecular formula is C26H25N3O3S. The number of rotatable bonds is 5. The van der Waals surface area contributed by atoms with Crippen molar-refractivity contribution in [2.75, 3.05) is 12.0 Å². The fraction of sp³-hybridized carbons (Fsp3) is 0.308. The Balaban J connectivity index is 1.46. The molecule has 2 aromatic carbocycles. The van der Waals surface area contributed by atoms with E-state index in [1.807, 2.05) is 12.1 Å². The number of anilines is 1. The molecule has 5 rings (SSSR count). The van der Waals surface area contributed by atoms with Crippen molar-refractivity contribution in [1.29, 1.82) is 0 Å². The molecule has 0 spiro atoms. The second-order valence-corrected chi connectivity index (χ2v) is 9.55. The van der Waals surface area contributed by atoms with Gasteiger partial charge in [0.25, 0.3) is 0 Å². The molecule has 6 nitrogen and oxygen atoms in total. The largest absolute Gasteiger partial charge is 0.497 e. The predicted octanol–water partition coefficient (Wildman–Crippen LogP) is 4.76. The second kappa shape index (κ2) is 8.98. The Bertz CT molecular complexity index is 1230. The highest BCUT2D eigenvalue weighted by Crippen LogP contribution is 2.37. The summed E-state index contributed by atoms with van der Waals surface area (Å²) in [5, 5.41) is 0.0302. The van der Waals surface area contributed by atoms with E-state index >= 15 is 0 Å². The lowest BCUT2D eigenvalue weighted by Crippen LogP contribution is -2.31. The van der Waals surface area contributed by atoms with E-state index in [1.165, 1.54) is 22.2 Å². The normalized spacial score (nSPS) is 17.9. The van der Waals surface area contributed by atoms with Crippen molar-refractivity contribution in [1.82, 2.24) is 9.97 Å². The van der Waals surface area contributed by atoms with Gasteiger partial charge in [0.15, 0.2) is 5.16 Å². The van der Waals surface area contributed by atoms with Gasteiger partial charge in [-0.1, -0.05) is 36.0 Å². The van der Waals surface area contributed by atoms with E-state index in [-0.39, 0.29) is 18.2 Å². The number of aryl methyl sites for hydroxylation is 2. The van der Waals surface area contributed by atoms with Gasteiger partial charge in [-0.25, -0.2) is 14.9 Å². The number of carbonyl (C=O) groups is 2. The number of amides is 2. The molecule has 1 aromatic heterocycles. The number of hydrogen-bond acceptors (Lipinski definition) is 6. The number of hydrogen-bond donors (Lipinski definition) is 0. The van der Waals surface area contributed by atoms with Gasteiger partial charge in [-0.3, -0.25) is 9.59 Å². The molecule has 0 radical (unpaired) electrons. The zero-order valence-electron chi connectivity index (χ0n) is 18.7. The first-order chi connectivity index (χ1) is 16.0. The lowest BCUT2D eigenvalue weighted by molar-refractivity contribution is -0.121. The van der Waals surface area contributed by atoms with Gasteiger partial charge in [-0.2, -0.15) is 0 Å². The SMILES string of the molecule is COc1ccc(N2C(=O)CC(Sc3nc4c(c(-c5ccccc5C)n3)CCCC4)C2=O)cc1. The molecule has 1 atom stereocenters. The molecule has 0 N–H and O–H groups in total. The number of aromatic nitrogens is 2. The minimum atomic E-state index is -0.536. The monoisotopic (exact) mass is 459 g/mol. The highest BCUT2D eigenvalue weighted by Gasteiger charge is 2.41. The van der Waals surface area contributed by atoms with E-state index in [1.54, 1.807) is 31.4 Å². The molecule has 2 amide bonds. The predicted molar refractivity (Wildman–Crippen MR) is 129 cm³/mol. The second-order valence-electron chi connectivity index (χ2n) is 8.38. The molecule has 168 valence electrons. The standard InChI is InChI=1S/C26H25N3O3S/c1-16-7-3-4-8-19(16)24-20-9-5-6-10-21(20)27-26(28-24)33-22-15-23(30)29(25(22)31)17-11-13-18(32-2)14-12-17/h3-4,7-8,11-14,22H,5-6,9-10,15H2,1-2H3. The van der Waals surface area contributed by atoms with E-state index < -0.39 is 5.25 Å². The summed E-state index contributed by atoms with van der Waals surface area (Å²) in [7, 11) is 1.58. The summed E-state index contributed by atoms with van der Waals surface area (Å²) in [6, 6.07) is 15.2. The van der Waals surface area contributed by atoms with Gasteiger partial charge in [0.05, 0.1) is 18.5 Å². The van der Waals surface area contributed by atoms with Crippen LogP contribution in [0.15, 0.2) is 53.7 Å². The maximum absolute atomic E-state index is 13.2.